The van der Waals surface area contributed by atoms with Gasteiger partial charge in [0.1, 0.15) is 0 Å². The molecular weight excluding hydrogens is 278 g/mol. The molecule has 2 aromatic rings. The predicted molar refractivity (Wildman–Crippen MR) is 86.0 cm³/mol. The molecule has 0 spiro atoms. The Kier molecular flexibility index (Phi) is 3.74. The molecule has 0 saturated heterocycles. The summed E-state index contributed by atoms with van der Waals surface area (Å²) in [5.74, 6) is 0.0428. The van der Waals surface area contributed by atoms with Crippen LogP contribution in [0.5, 0.6) is 0 Å². The molecule has 1 aromatic heterocycles. The summed E-state index contributed by atoms with van der Waals surface area (Å²) in [4.78, 5) is 12.2. The van der Waals surface area contributed by atoms with E-state index in [1.54, 1.807) is 6.20 Å². The number of aromatic amines is 1. The Morgan fingerprint density at radius 3 is 3.14 bits per heavy atom. The lowest BCUT2D eigenvalue weighted by Gasteiger charge is -2.15. The van der Waals surface area contributed by atoms with Crippen LogP contribution in [0.3, 0.4) is 0 Å². The van der Waals surface area contributed by atoms with Crippen molar-refractivity contribution in [3.8, 4) is 0 Å². The molecule has 5 nitrogen and oxygen atoms in total. The minimum atomic E-state index is -0.638. The highest BCUT2D eigenvalue weighted by molar-refractivity contribution is 5.87. The lowest BCUT2D eigenvalue weighted by molar-refractivity contribution is -0.128. The van der Waals surface area contributed by atoms with Gasteiger partial charge in [0.2, 0.25) is 5.91 Å². The third kappa shape index (κ3) is 2.64. The third-order valence-electron chi connectivity index (χ3n) is 4.27. The molecule has 1 fully saturated rings. The lowest BCUT2D eigenvalue weighted by atomic mass is 10.0. The second kappa shape index (κ2) is 5.57. The van der Waals surface area contributed by atoms with E-state index in [1.165, 1.54) is 0 Å². The standard InChI is InChI=1S/C17H21N3O2/c1-11(2)19-16(22)17(10-21)8-14(17)5-3-12-4-6-15-13(7-12)9-18-20-15/h3-7,9,11,14,21H,8,10H2,1-2H3,(H,18,20)(H,19,22)/b5-3+. The normalized spacial score (nSPS) is 24.3. The number of rotatable bonds is 5. The number of nitrogens with one attached hydrogen (secondary N) is 2. The number of H-pyrrole nitrogens is 1. The average molecular weight is 299 g/mol. The molecule has 0 bridgehead atoms. The van der Waals surface area contributed by atoms with Crippen molar-refractivity contribution in [2.75, 3.05) is 6.61 Å². The quantitative estimate of drug-likeness (QED) is 0.791. The Hall–Kier alpha value is -2.14. The number of aromatic nitrogens is 2. The molecule has 2 atom stereocenters. The molecule has 2 unspecified atom stereocenters. The van der Waals surface area contributed by atoms with Crippen molar-refractivity contribution < 1.29 is 9.90 Å². The Balaban J connectivity index is 1.72. The van der Waals surface area contributed by atoms with Crippen LogP contribution in [0, 0.1) is 11.3 Å². The van der Waals surface area contributed by atoms with Crippen molar-refractivity contribution in [2.45, 2.75) is 26.3 Å². The highest BCUT2D eigenvalue weighted by atomic mass is 16.3. The number of carbonyl (C=O) groups is 1. The maximum Gasteiger partial charge on any atom is 0.229 e. The summed E-state index contributed by atoms with van der Waals surface area (Å²) < 4.78 is 0. The zero-order valence-corrected chi connectivity index (χ0v) is 12.8. The minimum Gasteiger partial charge on any atom is -0.395 e. The maximum absolute atomic E-state index is 12.2. The highest BCUT2D eigenvalue weighted by Crippen LogP contribution is 2.53. The summed E-state index contributed by atoms with van der Waals surface area (Å²) in [5, 5.41) is 20.5. The SMILES string of the molecule is CC(C)NC(=O)C1(CO)CC1/C=C/c1ccc2[nH]ncc2c1. The fraction of sp³-hybridized carbons (Fsp3) is 0.412. The number of hydrogen-bond donors (Lipinski definition) is 3. The first kappa shape index (κ1) is 14.8. The lowest BCUT2D eigenvalue weighted by Crippen LogP contribution is -2.39. The molecule has 1 aliphatic carbocycles. The molecule has 116 valence electrons. The van der Waals surface area contributed by atoms with Crippen LogP contribution in [0.4, 0.5) is 0 Å². The van der Waals surface area contributed by atoms with Crippen molar-refractivity contribution >= 4 is 22.9 Å². The summed E-state index contributed by atoms with van der Waals surface area (Å²) in [6.45, 7) is 3.74. The van der Waals surface area contributed by atoms with Gasteiger partial charge in [-0.3, -0.25) is 9.89 Å². The number of allylic oxidation sites excluding steroid dienone is 1. The van der Waals surface area contributed by atoms with Crippen LogP contribution < -0.4 is 5.32 Å². The molecule has 22 heavy (non-hydrogen) atoms. The fourth-order valence-electron chi connectivity index (χ4n) is 2.80. The first-order valence-electron chi connectivity index (χ1n) is 7.58. The van der Waals surface area contributed by atoms with Crippen LogP contribution >= 0.6 is 0 Å². The number of aliphatic hydroxyl groups is 1. The molecule has 0 radical (unpaired) electrons. The summed E-state index contributed by atoms with van der Waals surface area (Å²) in [5.41, 5.74) is 1.43. The number of hydrogen-bond acceptors (Lipinski definition) is 3. The van der Waals surface area contributed by atoms with Gasteiger partial charge in [-0.25, -0.2) is 0 Å². The van der Waals surface area contributed by atoms with Crippen LogP contribution in [-0.4, -0.2) is 33.9 Å². The minimum absolute atomic E-state index is 0.0510. The van der Waals surface area contributed by atoms with Gasteiger partial charge in [0, 0.05) is 11.4 Å². The van der Waals surface area contributed by atoms with E-state index in [4.69, 9.17) is 0 Å². The van der Waals surface area contributed by atoms with Crippen molar-refractivity contribution in [1.82, 2.24) is 15.5 Å². The Morgan fingerprint density at radius 2 is 2.41 bits per heavy atom. The molecular formula is C17H21N3O2. The Labute approximate surface area is 129 Å². The zero-order valence-electron chi connectivity index (χ0n) is 12.8. The van der Waals surface area contributed by atoms with E-state index >= 15 is 0 Å². The van der Waals surface area contributed by atoms with Gasteiger partial charge in [-0.15, -0.1) is 0 Å². The first-order valence-corrected chi connectivity index (χ1v) is 7.58. The van der Waals surface area contributed by atoms with E-state index in [0.717, 1.165) is 16.5 Å². The van der Waals surface area contributed by atoms with E-state index in [2.05, 4.69) is 15.5 Å². The van der Waals surface area contributed by atoms with Gasteiger partial charge in [-0.1, -0.05) is 18.2 Å². The third-order valence-corrected chi connectivity index (χ3v) is 4.27. The second-order valence-corrected chi connectivity index (χ2v) is 6.33. The molecule has 1 aliphatic rings. The highest BCUT2D eigenvalue weighted by Gasteiger charge is 2.58. The van der Waals surface area contributed by atoms with Gasteiger partial charge < -0.3 is 10.4 Å². The van der Waals surface area contributed by atoms with Crippen LogP contribution in [0.1, 0.15) is 25.8 Å². The largest absolute Gasteiger partial charge is 0.395 e. The van der Waals surface area contributed by atoms with Gasteiger partial charge in [0.25, 0.3) is 0 Å². The molecule has 1 saturated carbocycles. The van der Waals surface area contributed by atoms with Crippen LogP contribution in [0.2, 0.25) is 0 Å². The van der Waals surface area contributed by atoms with E-state index in [-0.39, 0.29) is 24.5 Å². The van der Waals surface area contributed by atoms with Gasteiger partial charge >= 0.3 is 0 Å². The zero-order chi connectivity index (χ0) is 15.7. The smallest absolute Gasteiger partial charge is 0.229 e. The van der Waals surface area contributed by atoms with Gasteiger partial charge in [-0.05, 0) is 43.9 Å². The summed E-state index contributed by atoms with van der Waals surface area (Å²) in [6.07, 6.45) is 6.53. The molecule has 1 aromatic carbocycles. The number of aliphatic hydroxyl groups excluding tert-OH is 1. The van der Waals surface area contributed by atoms with Gasteiger partial charge in [0.15, 0.2) is 0 Å². The van der Waals surface area contributed by atoms with Crippen LogP contribution in [0.15, 0.2) is 30.5 Å². The van der Waals surface area contributed by atoms with Crippen molar-refractivity contribution in [3.05, 3.63) is 36.0 Å². The van der Waals surface area contributed by atoms with Gasteiger partial charge in [0.05, 0.1) is 23.7 Å². The fourth-order valence-corrected chi connectivity index (χ4v) is 2.80. The Morgan fingerprint density at radius 1 is 1.59 bits per heavy atom. The number of carbonyl (C=O) groups excluding carboxylic acids is 1. The van der Waals surface area contributed by atoms with E-state index < -0.39 is 5.41 Å². The van der Waals surface area contributed by atoms with E-state index in [9.17, 15) is 9.90 Å². The number of fused-ring (bicyclic) bond motifs is 1. The monoisotopic (exact) mass is 299 g/mol. The molecule has 3 rings (SSSR count). The first-order chi connectivity index (χ1) is 10.5. The summed E-state index contributed by atoms with van der Waals surface area (Å²) in [7, 11) is 0. The number of amides is 1. The van der Waals surface area contributed by atoms with Crippen molar-refractivity contribution in [2.24, 2.45) is 11.3 Å². The summed E-state index contributed by atoms with van der Waals surface area (Å²) in [6, 6.07) is 6.13. The second-order valence-electron chi connectivity index (χ2n) is 6.33. The topological polar surface area (TPSA) is 78.0 Å². The maximum atomic E-state index is 12.2. The summed E-state index contributed by atoms with van der Waals surface area (Å²) >= 11 is 0. The average Bonchev–Trinajstić information content (AvgIpc) is 3.03. The molecule has 1 heterocycles. The number of benzene rings is 1. The molecule has 0 aliphatic heterocycles. The van der Waals surface area contributed by atoms with Crippen molar-refractivity contribution in [1.29, 1.82) is 0 Å². The van der Waals surface area contributed by atoms with E-state index in [0.29, 0.717) is 6.42 Å². The Bertz CT molecular complexity index is 720. The number of nitrogens with zero attached hydrogens (tertiary/aromatic N) is 1. The predicted octanol–water partition coefficient (Wildman–Crippen LogP) is 2.10. The van der Waals surface area contributed by atoms with Crippen LogP contribution in [0.25, 0.3) is 17.0 Å². The van der Waals surface area contributed by atoms with Gasteiger partial charge in [-0.2, -0.15) is 5.10 Å². The van der Waals surface area contributed by atoms with Crippen LogP contribution in [-0.2, 0) is 4.79 Å². The molecule has 5 heteroatoms. The van der Waals surface area contributed by atoms with Crippen molar-refractivity contribution in [3.63, 3.8) is 0 Å². The molecule has 3 N–H and O–H groups in total. The molecule has 1 amide bonds. The van der Waals surface area contributed by atoms with E-state index in [1.807, 2.05) is 44.2 Å².